The van der Waals surface area contributed by atoms with Crippen LogP contribution in [-0.4, -0.2) is 76.8 Å². The molecule has 1 heterocycles. The molecule has 3 atom stereocenters. The van der Waals surface area contributed by atoms with Gasteiger partial charge in [0.1, 0.15) is 18.2 Å². The highest BCUT2D eigenvalue weighted by Gasteiger charge is 2.33. The van der Waals surface area contributed by atoms with E-state index in [1.54, 1.807) is 24.3 Å². The van der Waals surface area contributed by atoms with Gasteiger partial charge in [0.2, 0.25) is 5.91 Å². The lowest BCUT2D eigenvalue weighted by atomic mass is 9.88. The molecule has 0 radical (unpaired) electrons. The predicted octanol–water partition coefficient (Wildman–Crippen LogP) is 5.41. The van der Waals surface area contributed by atoms with Crippen LogP contribution in [0.1, 0.15) is 35.4 Å². The van der Waals surface area contributed by atoms with Crippen molar-refractivity contribution in [3.63, 3.8) is 0 Å². The Morgan fingerprint density at radius 1 is 1.06 bits per heavy atom. The van der Waals surface area contributed by atoms with E-state index in [0.29, 0.717) is 22.4 Å². The number of nitrogens with zero attached hydrogens (tertiary/aromatic N) is 1. The summed E-state index contributed by atoms with van der Waals surface area (Å²) < 4.78 is 101. The molecule has 1 aliphatic rings. The molecule has 3 aromatic rings. The Bertz CT molecular complexity index is 1660. The second kappa shape index (κ2) is 15.2. The molecule has 0 spiro atoms. The van der Waals surface area contributed by atoms with Gasteiger partial charge in [-0.2, -0.15) is 13.2 Å². The van der Waals surface area contributed by atoms with Crippen molar-refractivity contribution >= 4 is 27.5 Å². The van der Waals surface area contributed by atoms with E-state index in [1.807, 2.05) is 0 Å². The fourth-order valence-electron chi connectivity index (χ4n) is 5.13. The molecule has 2 N–H and O–H groups in total. The highest BCUT2D eigenvalue weighted by molar-refractivity contribution is 7.90. The molecule has 2 amide bonds. The molecule has 0 aliphatic carbocycles. The number of rotatable bonds is 11. The van der Waals surface area contributed by atoms with Crippen molar-refractivity contribution in [2.45, 2.75) is 48.6 Å². The number of nitrogens with one attached hydrogen (secondary N) is 2. The first-order chi connectivity index (χ1) is 22.1. The first-order valence-corrected chi connectivity index (χ1v) is 16.4. The summed E-state index contributed by atoms with van der Waals surface area (Å²) in [5.74, 6) is -2.21. The van der Waals surface area contributed by atoms with Crippen LogP contribution >= 0.6 is 0 Å². The number of hydrogen-bond donors (Lipinski definition) is 2. The van der Waals surface area contributed by atoms with Crippen molar-refractivity contribution in [1.29, 1.82) is 0 Å². The first kappa shape index (κ1) is 35.8. The van der Waals surface area contributed by atoms with Gasteiger partial charge in [-0.1, -0.05) is 30.3 Å². The number of ether oxygens (including phenoxy) is 2. The number of hydrogen-bond acceptors (Lipinski definition) is 7. The lowest BCUT2D eigenvalue weighted by Crippen LogP contribution is -2.50. The van der Waals surface area contributed by atoms with E-state index in [-0.39, 0.29) is 42.1 Å². The molecule has 1 fully saturated rings. The Morgan fingerprint density at radius 3 is 2.38 bits per heavy atom. The number of benzene rings is 3. The summed E-state index contributed by atoms with van der Waals surface area (Å²) in [6.45, 7) is -1.43. The quantitative estimate of drug-likeness (QED) is 0.260. The zero-order valence-corrected chi connectivity index (χ0v) is 26.3. The van der Waals surface area contributed by atoms with Crippen molar-refractivity contribution in [3.05, 3.63) is 95.1 Å². The van der Waals surface area contributed by atoms with Gasteiger partial charge >= 0.3 is 12.3 Å². The number of anilines is 1. The minimum atomic E-state index is -4.57. The molecule has 0 bridgehead atoms. The summed E-state index contributed by atoms with van der Waals surface area (Å²) in [5, 5.41) is 5.63. The van der Waals surface area contributed by atoms with Gasteiger partial charge in [0.15, 0.2) is 16.1 Å². The smallest absolute Gasteiger partial charge is 0.411 e. The minimum absolute atomic E-state index is 0.0929. The van der Waals surface area contributed by atoms with E-state index in [4.69, 9.17) is 9.47 Å². The summed E-state index contributed by atoms with van der Waals surface area (Å²) in [6.07, 6.45) is -5.80. The van der Waals surface area contributed by atoms with Crippen LogP contribution in [0.4, 0.5) is 32.4 Å². The lowest BCUT2D eigenvalue weighted by molar-refractivity contribution is -0.143. The van der Waals surface area contributed by atoms with E-state index in [0.717, 1.165) is 13.3 Å². The van der Waals surface area contributed by atoms with Crippen molar-refractivity contribution in [2.24, 2.45) is 0 Å². The Kier molecular flexibility index (Phi) is 11.6. The number of halogens is 5. The van der Waals surface area contributed by atoms with E-state index in [1.165, 1.54) is 42.5 Å². The summed E-state index contributed by atoms with van der Waals surface area (Å²) in [5.41, 5.74) is 1.51. The van der Waals surface area contributed by atoms with Gasteiger partial charge in [0.25, 0.3) is 0 Å². The number of carbonyl (C=O) groups is 2. The molecule has 9 nitrogen and oxygen atoms in total. The third kappa shape index (κ3) is 10.5. The maximum atomic E-state index is 15.0. The van der Waals surface area contributed by atoms with Crippen molar-refractivity contribution in [1.82, 2.24) is 10.2 Å². The van der Waals surface area contributed by atoms with Gasteiger partial charge in [-0.3, -0.25) is 10.1 Å². The third-order valence-corrected chi connectivity index (χ3v) is 8.62. The predicted molar refractivity (Wildman–Crippen MR) is 162 cm³/mol. The van der Waals surface area contributed by atoms with Crippen molar-refractivity contribution in [3.8, 4) is 0 Å². The fourth-order valence-corrected chi connectivity index (χ4v) is 5.76. The summed E-state index contributed by atoms with van der Waals surface area (Å²) in [4.78, 5) is 25.8. The van der Waals surface area contributed by atoms with E-state index >= 15 is 0 Å². The zero-order chi connectivity index (χ0) is 34.4. The van der Waals surface area contributed by atoms with Crippen LogP contribution in [0.3, 0.4) is 0 Å². The minimum Gasteiger partial charge on any atom is -0.428 e. The molecule has 3 aromatic carbocycles. The second-order valence-corrected chi connectivity index (χ2v) is 13.2. The Morgan fingerprint density at radius 2 is 1.77 bits per heavy atom. The first-order valence-electron chi connectivity index (χ1n) is 14.6. The van der Waals surface area contributed by atoms with Gasteiger partial charge in [-0.05, 0) is 60.4 Å². The molecule has 1 saturated heterocycles. The maximum absolute atomic E-state index is 15.0. The summed E-state index contributed by atoms with van der Waals surface area (Å²) >= 11 is 0. The van der Waals surface area contributed by atoms with Crippen LogP contribution in [-0.2, 0) is 30.5 Å². The third-order valence-electron chi connectivity index (χ3n) is 7.49. The van der Waals surface area contributed by atoms with Gasteiger partial charge in [0.05, 0.1) is 17.6 Å². The van der Waals surface area contributed by atoms with E-state index in [2.05, 4.69) is 10.6 Å². The number of carbonyl (C=O) groups excluding carboxylic acids is 2. The van der Waals surface area contributed by atoms with Gasteiger partial charge < -0.3 is 19.7 Å². The standard InChI is InChI=1S/C32H34F5N3O6S/c1-40(19-32(35,36)37)31(42)46-30-18-45-23(17-38-30)11-14-25-27(34)7-4-8-28(25)39-29(41)16-26(21-5-3-6-22(33)15-21)20-9-12-24(13-10-20)47(2,43)44/h3-10,12-13,15,23,26,30,38H,11,14,16-19H2,1-2H3,(H,39,41)/t23-,26-,30+/m1/s1. The molecule has 0 saturated carbocycles. The Hall–Kier alpha value is -4.08. The number of alkyl halides is 3. The van der Waals surface area contributed by atoms with Crippen molar-refractivity contribution < 1.29 is 49.4 Å². The van der Waals surface area contributed by atoms with Crippen LogP contribution in [0.2, 0.25) is 0 Å². The summed E-state index contributed by atoms with van der Waals surface area (Å²) in [6, 6.07) is 15.9. The molecule has 0 unspecified atom stereocenters. The van der Waals surface area contributed by atoms with Crippen LogP contribution in [0.25, 0.3) is 0 Å². The highest BCUT2D eigenvalue weighted by Crippen LogP contribution is 2.31. The normalized spacial score (nSPS) is 17.5. The molecular weight excluding hydrogens is 649 g/mol. The topological polar surface area (TPSA) is 114 Å². The van der Waals surface area contributed by atoms with Crippen LogP contribution in [0.5, 0.6) is 0 Å². The molecular formula is C32H34F5N3O6S. The van der Waals surface area contributed by atoms with E-state index in [9.17, 15) is 40.0 Å². The molecule has 1 aliphatic heterocycles. The highest BCUT2D eigenvalue weighted by atomic mass is 32.2. The van der Waals surface area contributed by atoms with Crippen LogP contribution in [0.15, 0.2) is 71.6 Å². The number of amides is 2. The molecule has 47 heavy (non-hydrogen) atoms. The maximum Gasteiger partial charge on any atom is 0.411 e. The number of sulfone groups is 1. The van der Waals surface area contributed by atoms with Crippen molar-refractivity contribution in [2.75, 3.05) is 38.3 Å². The van der Waals surface area contributed by atoms with Gasteiger partial charge in [0, 0.05) is 43.4 Å². The molecule has 15 heteroatoms. The van der Waals surface area contributed by atoms with E-state index < -0.39 is 64.4 Å². The largest absolute Gasteiger partial charge is 0.428 e. The average Bonchev–Trinajstić information content (AvgIpc) is 2.99. The monoisotopic (exact) mass is 683 g/mol. The fraction of sp³-hybridized carbons (Fsp3) is 0.375. The Labute approximate surface area is 269 Å². The Balaban J connectivity index is 1.39. The number of morpholine rings is 1. The molecule has 0 aromatic heterocycles. The molecule has 254 valence electrons. The van der Waals surface area contributed by atoms with Crippen LogP contribution in [0, 0.1) is 11.6 Å². The van der Waals surface area contributed by atoms with Gasteiger partial charge in [-0.25, -0.2) is 22.0 Å². The summed E-state index contributed by atoms with van der Waals surface area (Å²) in [7, 11) is -2.50. The van der Waals surface area contributed by atoms with Gasteiger partial charge in [-0.15, -0.1) is 0 Å². The SMILES string of the molecule is CN(CC(F)(F)F)C(=O)O[C@H]1CO[C@H](CCc2c(F)cccc2NC(=O)C[C@H](c2ccc(S(C)(=O)=O)cc2)c2cccc(F)c2)CN1. The lowest BCUT2D eigenvalue weighted by Gasteiger charge is -2.31. The van der Waals surface area contributed by atoms with Crippen LogP contribution < -0.4 is 10.6 Å². The second-order valence-electron chi connectivity index (χ2n) is 11.2. The average molecular weight is 684 g/mol. The molecule has 4 rings (SSSR count). The zero-order valence-electron chi connectivity index (χ0n) is 25.5.